The van der Waals surface area contributed by atoms with Crippen LogP contribution in [-0.2, 0) is 10.8 Å². The lowest BCUT2D eigenvalue weighted by atomic mass is 9.67. The summed E-state index contributed by atoms with van der Waals surface area (Å²) in [7, 11) is 0. The number of nitrogens with zero attached hydrogens (tertiary/aromatic N) is 1. The molecule has 0 bridgehead atoms. The molecule has 0 radical (unpaired) electrons. The number of hydrogen-bond acceptors (Lipinski definition) is 3. The van der Waals surface area contributed by atoms with Crippen LogP contribution in [0.5, 0.6) is 0 Å². The van der Waals surface area contributed by atoms with Crippen molar-refractivity contribution in [1.29, 1.82) is 0 Å². The second-order valence-electron chi connectivity index (χ2n) is 18.7. The molecule has 0 amide bonds. The van der Waals surface area contributed by atoms with Gasteiger partial charge in [0.1, 0.15) is 16.7 Å². The topological polar surface area (TPSA) is 29.5 Å². The number of rotatable bonds is 6. The molecule has 0 atom stereocenters. The molecule has 0 saturated carbocycles. The molecule has 10 aromatic carbocycles. The number of furan rings is 2. The largest absolute Gasteiger partial charge is 0.456 e. The predicted octanol–water partition coefficient (Wildman–Crippen LogP) is 17.3. The summed E-state index contributed by atoms with van der Waals surface area (Å²) in [4.78, 5) is 2.39. The number of anilines is 3. The third-order valence-electron chi connectivity index (χ3n) is 15.0. The highest BCUT2D eigenvalue weighted by Crippen LogP contribution is 2.58. The summed E-state index contributed by atoms with van der Waals surface area (Å²) in [5, 5.41) is 4.26. The quantitative estimate of drug-likeness (QED) is 0.167. The number of hydrogen-bond donors (Lipinski definition) is 0. The van der Waals surface area contributed by atoms with Crippen molar-refractivity contribution >= 4 is 60.9 Å². The smallest absolute Gasteiger partial charge is 0.160 e. The molecule has 12 aromatic rings. The summed E-state index contributed by atoms with van der Waals surface area (Å²) in [5.41, 5.74) is 20.7. The van der Waals surface area contributed by atoms with Crippen molar-refractivity contribution in [3.05, 3.63) is 258 Å². The first kappa shape index (κ1) is 37.9. The lowest BCUT2D eigenvalue weighted by Crippen LogP contribution is -2.28. The van der Waals surface area contributed by atoms with Gasteiger partial charge in [0.2, 0.25) is 0 Å². The van der Waals surface area contributed by atoms with Gasteiger partial charge in [0.05, 0.1) is 11.1 Å². The predicted molar refractivity (Wildman–Crippen MR) is 276 cm³/mol. The van der Waals surface area contributed by atoms with Crippen molar-refractivity contribution in [2.24, 2.45) is 0 Å². The van der Waals surface area contributed by atoms with E-state index in [2.05, 4.69) is 237 Å². The van der Waals surface area contributed by atoms with Gasteiger partial charge in [0, 0.05) is 38.3 Å². The SMILES string of the molecule is CC1(C)c2ccccc2-c2ccc(-c3ccc(N(c4ccccc4)c4ccc5c(c4)C(c4ccccc4)(c4ccccc4)c4ccccc4-5)c4oc5ccc6oc7ccccc7c6c5c34)cc21. The Kier molecular flexibility index (Phi) is 7.95. The average Bonchev–Trinajstić information content (AvgIpc) is 4.11. The molecule has 0 N–H and O–H groups in total. The molecular formula is C64H43NO2. The fourth-order valence-electron chi connectivity index (χ4n) is 12.0. The fourth-order valence-corrected chi connectivity index (χ4v) is 12.0. The van der Waals surface area contributed by atoms with Crippen LogP contribution in [0.4, 0.5) is 17.1 Å². The van der Waals surface area contributed by atoms with Crippen LogP contribution in [0.2, 0.25) is 0 Å². The first-order chi connectivity index (χ1) is 33.0. The highest BCUT2D eigenvalue weighted by Gasteiger charge is 2.46. The van der Waals surface area contributed by atoms with E-state index in [1.807, 2.05) is 6.07 Å². The summed E-state index contributed by atoms with van der Waals surface area (Å²) >= 11 is 0. The molecule has 316 valence electrons. The van der Waals surface area contributed by atoms with Crippen molar-refractivity contribution in [2.45, 2.75) is 24.7 Å². The van der Waals surface area contributed by atoms with Gasteiger partial charge in [-0.1, -0.05) is 184 Å². The monoisotopic (exact) mass is 857 g/mol. The second-order valence-corrected chi connectivity index (χ2v) is 18.7. The van der Waals surface area contributed by atoms with E-state index in [4.69, 9.17) is 8.83 Å². The van der Waals surface area contributed by atoms with Gasteiger partial charge in [-0.3, -0.25) is 0 Å². The van der Waals surface area contributed by atoms with Gasteiger partial charge in [0.15, 0.2) is 5.58 Å². The van der Waals surface area contributed by atoms with Crippen molar-refractivity contribution in [1.82, 2.24) is 0 Å². The zero-order chi connectivity index (χ0) is 44.4. The van der Waals surface area contributed by atoms with Gasteiger partial charge in [-0.15, -0.1) is 0 Å². The van der Waals surface area contributed by atoms with E-state index in [1.165, 1.54) is 55.6 Å². The Balaban J connectivity index is 1.06. The summed E-state index contributed by atoms with van der Waals surface area (Å²) in [6, 6.07) is 81.8. The Morgan fingerprint density at radius 3 is 1.67 bits per heavy atom. The van der Waals surface area contributed by atoms with Crippen LogP contribution in [0, 0.1) is 0 Å². The van der Waals surface area contributed by atoms with E-state index < -0.39 is 5.41 Å². The van der Waals surface area contributed by atoms with Gasteiger partial charge >= 0.3 is 0 Å². The lowest BCUT2D eigenvalue weighted by Gasteiger charge is -2.35. The van der Waals surface area contributed by atoms with Crippen molar-refractivity contribution in [3.8, 4) is 33.4 Å². The summed E-state index contributed by atoms with van der Waals surface area (Å²) in [6.07, 6.45) is 0. The molecule has 3 nitrogen and oxygen atoms in total. The Morgan fingerprint density at radius 1 is 0.358 bits per heavy atom. The first-order valence-electron chi connectivity index (χ1n) is 23.2. The molecule has 2 aliphatic rings. The van der Waals surface area contributed by atoms with E-state index in [9.17, 15) is 0 Å². The van der Waals surface area contributed by atoms with Crippen LogP contribution in [0.25, 0.3) is 77.3 Å². The number of para-hydroxylation sites is 2. The first-order valence-corrected chi connectivity index (χ1v) is 23.2. The number of fused-ring (bicyclic) bond motifs is 13. The average molecular weight is 858 g/mol. The zero-order valence-corrected chi connectivity index (χ0v) is 37.1. The van der Waals surface area contributed by atoms with Gasteiger partial charge in [-0.25, -0.2) is 0 Å². The molecule has 0 saturated heterocycles. The van der Waals surface area contributed by atoms with E-state index >= 15 is 0 Å². The van der Waals surface area contributed by atoms with Crippen LogP contribution in [0.3, 0.4) is 0 Å². The van der Waals surface area contributed by atoms with Crippen LogP contribution >= 0.6 is 0 Å². The van der Waals surface area contributed by atoms with Gasteiger partial charge in [0.25, 0.3) is 0 Å². The lowest BCUT2D eigenvalue weighted by molar-refractivity contribution is 0.660. The second kappa shape index (κ2) is 14.1. The van der Waals surface area contributed by atoms with Crippen molar-refractivity contribution < 1.29 is 8.83 Å². The minimum atomic E-state index is -0.555. The molecule has 67 heavy (non-hydrogen) atoms. The minimum Gasteiger partial charge on any atom is -0.456 e. The molecule has 2 heterocycles. The summed E-state index contributed by atoms with van der Waals surface area (Å²) in [6.45, 7) is 4.71. The maximum atomic E-state index is 7.32. The van der Waals surface area contributed by atoms with Crippen LogP contribution in [0.15, 0.2) is 233 Å². The highest BCUT2D eigenvalue weighted by molar-refractivity contribution is 6.29. The van der Waals surface area contributed by atoms with E-state index in [0.29, 0.717) is 0 Å². The zero-order valence-electron chi connectivity index (χ0n) is 37.1. The molecule has 0 fully saturated rings. The standard InChI is InChI=1S/C64H43NO2/c1-63(2)51-27-15-12-24-46(51)48-32-30-40(38-53(48)63)45-34-35-55(62-60(45)61-58(67-62)37-36-57-59(61)50-26-14-17-29-56(50)66-57)65(43-22-10-5-11-23-43)44-31-33-49-47-25-13-16-28-52(47)64(54(49)39-44,41-18-6-3-7-19-41)42-20-8-4-9-21-42/h3-39H,1-2H3. The third kappa shape index (κ3) is 5.23. The maximum Gasteiger partial charge on any atom is 0.160 e. The Morgan fingerprint density at radius 2 is 0.925 bits per heavy atom. The van der Waals surface area contributed by atoms with Gasteiger partial charge < -0.3 is 13.7 Å². The Hall–Kier alpha value is -8.40. The van der Waals surface area contributed by atoms with Gasteiger partial charge in [-0.05, 0) is 121 Å². The van der Waals surface area contributed by atoms with Crippen molar-refractivity contribution in [3.63, 3.8) is 0 Å². The van der Waals surface area contributed by atoms with E-state index in [1.54, 1.807) is 0 Å². The normalized spacial score (nSPS) is 14.1. The van der Waals surface area contributed by atoms with E-state index in [-0.39, 0.29) is 5.41 Å². The van der Waals surface area contributed by atoms with Crippen LogP contribution < -0.4 is 4.90 Å². The molecule has 0 spiro atoms. The molecule has 0 aliphatic heterocycles. The molecule has 2 aliphatic carbocycles. The third-order valence-corrected chi connectivity index (χ3v) is 15.0. The molecule has 2 aromatic heterocycles. The van der Waals surface area contributed by atoms with Crippen molar-refractivity contribution in [2.75, 3.05) is 4.90 Å². The Bertz CT molecular complexity index is 3910. The Labute approximate surface area is 388 Å². The number of benzene rings is 10. The molecule has 3 heteroatoms. The summed E-state index contributed by atoms with van der Waals surface area (Å²) < 4.78 is 13.9. The fraction of sp³-hybridized carbons (Fsp3) is 0.0625. The maximum absolute atomic E-state index is 7.32. The van der Waals surface area contributed by atoms with Crippen LogP contribution in [0.1, 0.15) is 47.2 Å². The summed E-state index contributed by atoms with van der Waals surface area (Å²) in [5.74, 6) is 0. The van der Waals surface area contributed by atoms with Gasteiger partial charge in [-0.2, -0.15) is 0 Å². The molecular weight excluding hydrogens is 815 g/mol. The molecule has 0 unspecified atom stereocenters. The van der Waals surface area contributed by atoms with Crippen LogP contribution in [-0.4, -0.2) is 0 Å². The minimum absolute atomic E-state index is 0.153. The molecule has 14 rings (SSSR count). The highest BCUT2D eigenvalue weighted by atomic mass is 16.3. The van der Waals surface area contributed by atoms with E-state index in [0.717, 1.165) is 72.1 Å².